The Labute approximate surface area is 61.2 Å². The highest BCUT2D eigenvalue weighted by atomic mass is 17.1. The van der Waals surface area contributed by atoms with Gasteiger partial charge in [0, 0.05) is 0 Å². The van der Waals surface area contributed by atoms with Gasteiger partial charge < -0.3 is 5.21 Å². The SMILES string of the molecule is CCC(C)(C)O[NH+]([O-])OC. The quantitative estimate of drug-likeness (QED) is 0.574. The van der Waals surface area contributed by atoms with Gasteiger partial charge in [-0.05, 0) is 20.3 Å². The van der Waals surface area contributed by atoms with Crippen LogP contribution in [0.25, 0.3) is 0 Å². The number of quaternary nitrogens is 1. The maximum atomic E-state index is 10.5. The van der Waals surface area contributed by atoms with Gasteiger partial charge in [0.1, 0.15) is 5.60 Å². The Morgan fingerprint density at radius 1 is 1.50 bits per heavy atom. The minimum Gasteiger partial charge on any atom is -0.566 e. The molecule has 1 N–H and O–H groups in total. The van der Waals surface area contributed by atoms with Crippen LogP contribution in [0.2, 0.25) is 0 Å². The zero-order valence-corrected chi connectivity index (χ0v) is 6.93. The largest absolute Gasteiger partial charge is 0.566 e. The lowest BCUT2D eigenvalue weighted by molar-refractivity contribution is -1.21. The topological polar surface area (TPSA) is 46.0 Å². The molecule has 0 rings (SSSR count). The zero-order chi connectivity index (χ0) is 8.20. The molecule has 0 heterocycles. The lowest BCUT2D eigenvalue weighted by atomic mass is 10.1. The van der Waals surface area contributed by atoms with Crippen molar-refractivity contribution in [1.82, 2.24) is 0 Å². The number of rotatable bonds is 4. The van der Waals surface area contributed by atoms with Crippen molar-refractivity contribution in [3.05, 3.63) is 5.21 Å². The van der Waals surface area contributed by atoms with Gasteiger partial charge in [-0.25, -0.2) is 0 Å². The van der Waals surface area contributed by atoms with Gasteiger partial charge in [0.25, 0.3) is 0 Å². The Morgan fingerprint density at radius 3 is 2.30 bits per heavy atom. The zero-order valence-electron chi connectivity index (χ0n) is 6.93. The van der Waals surface area contributed by atoms with Crippen LogP contribution >= 0.6 is 0 Å². The van der Waals surface area contributed by atoms with E-state index in [9.17, 15) is 5.21 Å². The molecule has 0 aromatic rings. The van der Waals surface area contributed by atoms with Crippen molar-refractivity contribution in [3.8, 4) is 0 Å². The first-order valence-electron chi connectivity index (χ1n) is 3.29. The van der Waals surface area contributed by atoms with E-state index < -0.39 is 11.0 Å². The Morgan fingerprint density at radius 2 is 2.00 bits per heavy atom. The van der Waals surface area contributed by atoms with Crippen LogP contribution in [0, 0.1) is 5.21 Å². The van der Waals surface area contributed by atoms with Crippen molar-refractivity contribution < 1.29 is 15.1 Å². The van der Waals surface area contributed by atoms with Crippen LogP contribution in [0.5, 0.6) is 0 Å². The standard InChI is InChI=1S/C6H15NO3/c1-5-6(2,3)10-7(8)9-4/h7H,5H2,1-4H3. The summed E-state index contributed by atoms with van der Waals surface area (Å²) in [5, 5.41) is 9.92. The van der Waals surface area contributed by atoms with Gasteiger partial charge in [-0.1, -0.05) is 12.3 Å². The van der Waals surface area contributed by atoms with E-state index in [1.807, 2.05) is 20.8 Å². The van der Waals surface area contributed by atoms with Crippen molar-refractivity contribution in [1.29, 1.82) is 0 Å². The maximum Gasteiger partial charge on any atom is 0.126 e. The average Bonchev–Trinajstić information content (AvgIpc) is 1.87. The first kappa shape index (κ1) is 9.84. The fraction of sp³-hybridized carbons (Fsp3) is 1.00. The van der Waals surface area contributed by atoms with Gasteiger partial charge in [0.2, 0.25) is 0 Å². The summed E-state index contributed by atoms with van der Waals surface area (Å²) in [6.07, 6.45) is 0.780. The highest BCUT2D eigenvalue weighted by molar-refractivity contribution is 4.61. The molecular formula is C6H15NO3. The van der Waals surface area contributed by atoms with Gasteiger partial charge in [0.15, 0.2) is 0 Å². The van der Waals surface area contributed by atoms with E-state index in [-0.39, 0.29) is 0 Å². The monoisotopic (exact) mass is 149 g/mol. The van der Waals surface area contributed by atoms with Crippen LogP contribution < -0.4 is 5.39 Å². The van der Waals surface area contributed by atoms with Crippen molar-refractivity contribution >= 4 is 0 Å². The van der Waals surface area contributed by atoms with Crippen molar-refractivity contribution in [2.24, 2.45) is 0 Å². The van der Waals surface area contributed by atoms with Gasteiger partial charge in [0.05, 0.1) is 7.11 Å². The van der Waals surface area contributed by atoms with Gasteiger partial charge >= 0.3 is 0 Å². The summed E-state index contributed by atoms with van der Waals surface area (Å²) in [5.74, 6) is 0. The fourth-order valence-corrected chi connectivity index (χ4v) is 0.339. The molecule has 0 radical (unpaired) electrons. The predicted octanol–water partition coefficient (Wildman–Crippen LogP) is 0.0507. The summed E-state index contributed by atoms with van der Waals surface area (Å²) in [5.41, 5.74) is -0.410. The molecule has 10 heavy (non-hydrogen) atoms. The Balaban J connectivity index is 3.64. The minimum absolute atomic E-state index is 0.410. The van der Waals surface area contributed by atoms with Crippen LogP contribution in [0.3, 0.4) is 0 Å². The summed E-state index contributed by atoms with van der Waals surface area (Å²) in [6.45, 7) is 5.62. The minimum atomic E-state index is -0.619. The second kappa shape index (κ2) is 3.88. The number of hydrogen-bond donors (Lipinski definition) is 1. The Bertz CT molecular complexity index is 95.0. The molecule has 62 valence electrons. The van der Waals surface area contributed by atoms with E-state index in [1.54, 1.807) is 0 Å². The first-order valence-corrected chi connectivity index (χ1v) is 3.29. The average molecular weight is 149 g/mol. The van der Waals surface area contributed by atoms with E-state index in [0.29, 0.717) is 0 Å². The highest BCUT2D eigenvalue weighted by Gasteiger charge is 2.20. The van der Waals surface area contributed by atoms with Crippen LogP contribution in [-0.2, 0) is 9.68 Å². The molecule has 0 bridgehead atoms. The van der Waals surface area contributed by atoms with Gasteiger partial charge in [-0.3, -0.25) is 0 Å². The second-order valence-electron chi connectivity index (χ2n) is 2.67. The van der Waals surface area contributed by atoms with Crippen LogP contribution in [0.4, 0.5) is 0 Å². The third kappa shape index (κ3) is 3.79. The molecule has 0 aliphatic carbocycles. The van der Waals surface area contributed by atoms with Gasteiger partial charge in [-0.2, -0.15) is 9.68 Å². The molecule has 0 aromatic carbocycles. The van der Waals surface area contributed by atoms with Crippen LogP contribution in [0.15, 0.2) is 0 Å². The molecule has 1 atom stereocenters. The van der Waals surface area contributed by atoms with Crippen molar-refractivity contribution in [2.45, 2.75) is 32.8 Å². The van der Waals surface area contributed by atoms with E-state index in [2.05, 4.69) is 4.84 Å². The number of hydrogen-bond acceptors (Lipinski definition) is 3. The highest BCUT2D eigenvalue weighted by Crippen LogP contribution is 2.09. The number of nitrogens with one attached hydrogen (secondary N) is 1. The van der Waals surface area contributed by atoms with E-state index in [1.165, 1.54) is 7.11 Å². The maximum absolute atomic E-state index is 10.5. The second-order valence-corrected chi connectivity index (χ2v) is 2.67. The molecule has 0 fully saturated rings. The van der Waals surface area contributed by atoms with Crippen molar-refractivity contribution in [2.75, 3.05) is 7.11 Å². The summed E-state index contributed by atoms with van der Waals surface area (Å²) in [6, 6.07) is 0. The summed E-state index contributed by atoms with van der Waals surface area (Å²) in [4.78, 5) is 9.20. The predicted molar refractivity (Wildman–Crippen MR) is 36.8 cm³/mol. The molecule has 0 saturated carbocycles. The molecule has 0 spiro atoms. The lowest BCUT2D eigenvalue weighted by Crippen LogP contribution is -3.06. The molecule has 4 heteroatoms. The molecule has 1 unspecified atom stereocenters. The van der Waals surface area contributed by atoms with Gasteiger partial charge in [-0.15, -0.1) is 0 Å². The Hall–Kier alpha value is -0.160. The van der Waals surface area contributed by atoms with Crippen LogP contribution in [-0.4, -0.2) is 12.7 Å². The normalized spacial score (nSPS) is 15.3. The van der Waals surface area contributed by atoms with Crippen molar-refractivity contribution in [3.63, 3.8) is 0 Å². The summed E-state index contributed by atoms with van der Waals surface area (Å²) >= 11 is 0. The Kier molecular flexibility index (Phi) is 3.81. The third-order valence-corrected chi connectivity index (χ3v) is 1.38. The van der Waals surface area contributed by atoms with E-state index in [4.69, 9.17) is 4.84 Å². The van der Waals surface area contributed by atoms with Crippen LogP contribution in [0.1, 0.15) is 27.2 Å². The molecule has 0 amide bonds. The molecular weight excluding hydrogens is 134 g/mol. The fourth-order valence-electron chi connectivity index (χ4n) is 0.339. The lowest BCUT2D eigenvalue weighted by Gasteiger charge is -2.26. The molecule has 0 aromatic heterocycles. The smallest absolute Gasteiger partial charge is 0.126 e. The summed E-state index contributed by atoms with van der Waals surface area (Å²) < 4.78 is 0. The third-order valence-electron chi connectivity index (χ3n) is 1.38. The van der Waals surface area contributed by atoms with E-state index in [0.717, 1.165) is 6.42 Å². The van der Waals surface area contributed by atoms with E-state index >= 15 is 0 Å². The molecule has 0 aliphatic rings. The first-order chi connectivity index (χ1) is 4.52. The molecule has 4 nitrogen and oxygen atoms in total. The molecule has 0 saturated heterocycles. The summed E-state index contributed by atoms with van der Waals surface area (Å²) in [7, 11) is 1.30. The molecule has 0 aliphatic heterocycles.